The number of aryl methyl sites for hydroxylation is 1. The molecular weight excluding hydrogens is 308 g/mol. The van der Waals surface area contributed by atoms with Crippen LogP contribution < -0.4 is 11.1 Å². The predicted octanol–water partition coefficient (Wildman–Crippen LogP) is 1.52. The largest absolute Gasteiger partial charge is 0.442 e. The molecule has 1 N–H and O–H groups in total. The number of pyridine rings is 1. The van der Waals surface area contributed by atoms with Gasteiger partial charge >= 0.3 is 5.76 Å². The lowest BCUT2D eigenvalue weighted by Gasteiger charge is -2.08. The van der Waals surface area contributed by atoms with Crippen molar-refractivity contribution in [2.24, 2.45) is 0 Å². The second kappa shape index (κ2) is 6.91. The lowest BCUT2D eigenvalue weighted by Crippen LogP contribution is -2.31. The number of aromatic nitrogens is 3. The number of benzene rings is 1. The molecule has 0 saturated heterocycles. The zero-order chi connectivity index (χ0) is 16.9. The van der Waals surface area contributed by atoms with Crippen LogP contribution >= 0.6 is 0 Å². The van der Waals surface area contributed by atoms with E-state index in [1.165, 1.54) is 4.57 Å². The molecule has 3 aromatic rings. The number of carbonyl (C=O) groups is 1. The van der Waals surface area contributed by atoms with Gasteiger partial charge in [0.15, 0.2) is 5.82 Å². The van der Waals surface area contributed by atoms with E-state index in [-0.39, 0.29) is 18.3 Å². The molecule has 0 aliphatic carbocycles. The molecule has 0 unspecified atom stereocenters. The van der Waals surface area contributed by atoms with Crippen LogP contribution in [0.25, 0.3) is 11.4 Å². The third-order valence-electron chi connectivity index (χ3n) is 3.64. The van der Waals surface area contributed by atoms with Crippen molar-refractivity contribution in [1.82, 2.24) is 20.0 Å². The molecular formula is C17H16N4O3. The van der Waals surface area contributed by atoms with Crippen LogP contribution in [0.4, 0.5) is 0 Å². The van der Waals surface area contributed by atoms with Gasteiger partial charge in [0.1, 0.15) is 6.54 Å². The highest BCUT2D eigenvalue weighted by molar-refractivity contribution is 5.76. The summed E-state index contributed by atoms with van der Waals surface area (Å²) in [5.74, 6) is -0.701. The summed E-state index contributed by atoms with van der Waals surface area (Å²) in [6.45, 7) is 2.21. The van der Waals surface area contributed by atoms with Gasteiger partial charge in [-0.1, -0.05) is 29.4 Å². The average Bonchev–Trinajstić information content (AvgIpc) is 2.96. The quantitative estimate of drug-likeness (QED) is 0.768. The van der Waals surface area contributed by atoms with E-state index >= 15 is 0 Å². The zero-order valence-corrected chi connectivity index (χ0v) is 13.1. The number of amides is 1. The highest BCUT2D eigenvalue weighted by atomic mass is 16.5. The minimum absolute atomic E-state index is 0.168. The molecule has 1 amide bonds. The second-order valence-electron chi connectivity index (χ2n) is 5.30. The van der Waals surface area contributed by atoms with Crippen molar-refractivity contribution in [3.8, 4) is 11.4 Å². The normalized spacial score (nSPS) is 10.5. The third-order valence-corrected chi connectivity index (χ3v) is 3.64. The highest BCUT2D eigenvalue weighted by Gasteiger charge is 2.15. The molecule has 3 rings (SSSR count). The minimum atomic E-state index is -0.681. The summed E-state index contributed by atoms with van der Waals surface area (Å²) in [4.78, 5) is 28.0. The summed E-state index contributed by atoms with van der Waals surface area (Å²) >= 11 is 0. The number of rotatable bonds is 5. The fourth-order valence-electron chi connectivity index (χ4n) is 2.31. The molecule has 2 heterocycles. The molecule has 0 aliphatic rings. The maximum Gasteiger partial charge on any atom is 0.442 e. The number of nitrogens with one attached hydrogen (secondary N) is 1. The Labute approximate surface area is 137 Å². The van der Waals surface area contributed by atoms with Crippen molar-refractivity contribution in [2.45, 2.75) is 20.0 Å². The summed E-state index contributed by atoms with van der Waals surface area (Å²) < 4.78 is 5.87. The molecule has 0 spiro atoms. The van der Waals surface area contributed by atoms with E-state index in [2.05, 4.69) is 20.0 Å². The van der Waals surface area contributed by atoms with Gasteiger partial charge in [0.2, 0.25) is 5.91 Å². The van der Waals surface area contributed by atoms with Crippen LogP contribution in [0.5, 0.6) is 0 Å². The molecule has 0 radical (unpaired) electrons. The van der Waals surface area contributed by atoms with Crippen molar-refractivity contribution in [1.29, 1.82) is 0 Å². The minimum Gasteiger partial charge on any atom is -0.350 e. The molecule has 122 valence electrons. The van der Waals surface area contributed by atoms with Gasteiger partial charge in [0.05, 0.1) is 0 Å². The molecule has 7 nitrogen and oxygen atoms in total. The first-order chi connectivity index (χ1) is 11.6. The van der Waals surface area contributed by atoms with E-state index in [4.69, 9.17) is 0 Å². The maximum absolute atomic E-state index is 12.2. The van der Waals surface area contributed by atoms with Gasteiger partial charge in [-0.25, -0.2) is 9.36 Å². The SMILES string of the molecule is Cc1ccccc1CNC(=O)Cn1c(-c2cccnc2)noc1=O. The van der Waals surface area contributed by atoms with Crippen LogP contribution in [-0.2, 0) is 17.9 Å². The third kappa shape index (κ3) is 3.40. The summed E-state index contributed by atoms with van der Waals surface area (Å²) in [7, 11) is 0. The average molecular weight is 324 g/mol. The van der Waals surface area contributed by atoms with Crippen LogP contribution in [0.1, 0.15) is 11.1 Å². The molecule has 1 aromatic carbocycles. The summed E-state index contributed by atoms with van der Waals surface area (Å²) in [6.07, 6.45) is 3.17. The zero-order valence-electron chi connectivity index (χ0n) is 13.1. The smallest absolute Gasteiger partial charge is 0.350 e. The van der Waals surface area contributed by atoms with Gasteiger partial charge in [-0.2, -0.15) is 0 Å². The lowest BCUT2D eigenvalue weighted by atomic mass is 10.1. The second-order valence-corrected chi connectivity index (χ2v) is 5.30. The Balaban J connectivity index is 1.72. The molecule has 0 saturated carbocycles. The molecule has 2 aromatic heterocycles. The van der Waals surface area contributed by atoms with Gasteiger partial charge in [0, 0.05) is 24.5 Å². The van der Waals surface area contributed by atoms with Crippen LogP contribution in [0.3, 0.4) is 0 Å². The number of hydrogen-bond acceptors (Lipinski definition) is 5. The van der Waals surface area contributed by atoms with E-state index in [0.29, 0.717) is 12.1 Å². The molecule has 0 fully saturated rings. The fourth-order valence-corrected chi connectivity index (χ4v) is 2.31. The van der Waals surface area contributed by atoms with Crippen molar-refractivity contribution in [3.05, 3.63) is 70.5 Å². The predicted molar refractivity (Wildman–Crippen MR) is 87.0 cm³/mol. The summed E-state index contributed by atoms with van der Waals surface area (Å²) in [5, 5.41) is 6.53. The van der Waals surface area contributed by atoms with Gasteiger partial charge in [-0.05, 0) is 30.2 Å². The van der Waals surface area contributed by atoms with Crippen LogP contribution in [0, 0.1) is 6.92 Å². The molecule has 0 atom stereocenters. The first-order valence-corrected chi connectivity index (χ1v) is 7.43. The van der Waals surface area contributed by atoms with Gasteiger partial charge < -0.3 is 5.32 Å². The Kier molecular flexibility index (Phi) is 4.51. The van der Waals surface area contributed by atoms with Crippen molar-refractivity contribution in [2.75, 3.05) is 0 Å². The molecule has 24 heavy (non-hydrogen) atoms. The fraction of sp³-hybridized carbons (Fsp3) is 0.176. The number of carbonyl (C=O) groups excluding carboxylic acids is 1. The van der Waals surface area contributed by atoms with Gasteiger partial charge in [0.25, 0.3) is 0 Å². The molecule has 7 heteroatoms. The molecule has 0 bridgehead atoms. The van der Waals surface area contributed by atoms with E-state index in [9.17, 15) is 9.59 Å². The van der Waals surface area contributed by atoms with E-state index < -0.39 is 5.76 Å². The van der Waals surface area contributed by atoms with E-state index in [0.717, 1.165) is 11.1 Å². The monoisotopic (exact) mass is 324 g/mol. The van der Waals surface area contributed by atoms with E-state index in [1.807, 2.05) is 31.2 Å². The maximum atomic E-state index is 12.2. The number of nitrogens with zero attached hydrogens (tertiary/aromatic N) is 3. The molecule has 0 aliphatic heterocycles. The highest BCUT2D eigenvalue weighted by Crippen LogP contribution is 2.13. The first kappa shape index (κ1) is 15.7. The van der Waals surface area contributed by atoms with Crippen molar-refractivity contribution < 1.29 is 9.32 Å². The van der Waals surface area contributed by atoms with Crippen molar-refractivity contribution >= 4 is 5.91 Å². The topological polar surface area (TPSA) is 90.0 Å². The Bertz CT molecular complexity index is 899. The van der Waals surface area contributed by atoms with Gasteiger partial charge in [-0.15, -0.1) is 0 Å². The van der Waals surface area contributed by atoms with Crippen LogP contribution in [0.15, 0.2) is 58.1 Å². The Morgan fingerprint density at radius 2 is 2.08 bits per heavy atom. The number of hydrogen-bond donors (Lipinski definition) is 1. The Morgan fingerprint density at radius 1 is 1.25 bits per heavy atom. The summed E-state index contributed by atoms with van der Waals surface area (Å²) in [5.41, 5.74) is 2.72. The van der Waals surface area contributed by atoms with Crippen LogP contribution in [-0.4, -0.2) is 20.6 Å². The van der Waals surface area contributed by atoms with Crippen LogP contribution in [0.2, 0.25) is 0 Å². The lowest BCUT2D eigenvalue weighted by molar-refractivity contribution is -0.121. The van der Waals surface area contributed by atoms with Gasteiger partial charge in [-0.3, -0.25) is 14.3 Å². The first-order valence-electron chi connectivity index (χ1n) is 7.43. The Hall–Kier alpha value is -3.22. The van der Waals surface area contributed by atoms with E-state index in [1.54, 1.807) is 24.5 Å². The standard InChI is InChI=1S/C17H16N4O3/c1-12-5-2-3-6-13(12)10-19-15(22)11-21-16(20-24-17(21)23)14-7-4-8-18-9-14/h2-9H,10-11H2,1H3,(H,19,22). The van der Waals surface area contributed by atoms with Crippen molar-refractivity contribution in [3.63, 3.8) is 0 Å². The summed E-state index contributed by atoms with van der Waals surface area (Å²) in [6, 6.07) is 11.2. The Morgan fingerprint density at radius 3 is 2.83 bits per heavy atom.